The van der Waals surface area contributed by atoms with E-state index in [1.54, 1.807) is 19.0 Å². The highest BCUT2D eigenvalue weighted by Crippen LogP contribution is 2.28. The first-order chi connectivity index (χ1) is 10.6. The second-order valence-electron chi connectivity index (χ2n) is 5.92. The fourth-order valence-electron chi connectivity index (χ4n) is 2.89. The van der Waals surface area contributed by atoms with Crippen molar-refractivity contribution in [1.82, 2.24) is 14.8 Å². The van der Waals surface area contributed by atoms with Crippen LogP contribution in [0.25, 0.3) is 0 Å². The van der Waals surface area contributed by atoms with Gasteiger partial charge in [0, 0.05) is 39.0 Å². The second kappa shape index (κ2) is 5.82. The molecule has 22 heavy (non-hydrogen) atoms. The van der Waals surface area contributed by atoms with Gasteiger partial charge < -0.3 is 19.6 Å². The second-order valence-corrected chi connectivity index (χ2v) is 5.92. The van der Waals surface area contributed by atoms with Crippen molar-refractivity contribution in [3.8, 4) is 0 Å². The number of amides is 2. The Bertz CT molecular complexity index is 594. The summed E-state index contributed by atoms with van der Waals surface area (Å²) >= 11 is 0. The Morgan fingerprint density at radius 1 is 1.45 bits per heavy atom. The van der Waals surface area contributed by atoms with Crippen molar-refractivity contribution in [3.05, 3.63) is 24.0 Å². The maximum absolute atomic E-state index is 12.3. The van der Waals surface area contributed by atoms with E-state index in [1.807, 2.05) is 18.3 Å². The van der Waals surface area contributed by atoms with Crippen LogP contribution in [-0.2, 0) is 20.8 Å². The Balaban J connectivity index is 1.57. The average Bonchev–Trinajstić information content (AvgIpc) is 3.19. The molecule has 2 aliphatic rings. The molecule has 0 spiro atoms. The van der Waals surface area contributed by atoms with Crippen molar-refractivity contribution >= 4 is 17.5 Å². The molecule has 0 aromatic carbocycles. The number of rotatable bonds is 4. The Morgan fingerprint density at radius 2 is 2.27 bits per heavy atom. The molecule has 0 radical (unpaired) electrons. The molecule has 1 N–H and O–H groups in total. The summed E-state index contributed by atoms with van der Waals surface area (Å²) in [4.78, 5) is 36.0. The Labute approximate surface area is 128 Å². The van der Waals surface area contributed by atoms with Crippen molar-refractivity contribution in [3.63, 3.8) is 0 Å². The molecule has 2 atom stereocenters. The molecule has 118 valence electrons. The third-order valence-corrected chi connectivity index (χ3v) is 4.15. The molecule has 7 nitrogen and oxygen atoms in total. The molecular formula is C15H20N4O3. The first kappa shape index (κ1) is 14.6. The largest absolute Gasteiger partial charge is 0.389 e. The van der Waals surface area contributed by atoms with E-state index in [9.17, 15) is 9.59 Å². The molecule has 0 aliphatic carbocycles. The van der Waals surface area contributed by atoms with Crippen LogP contribution in [0, 0.1) is 5.92 Å². The van der Waals surface area contributed by atoms with Gasteiger partial charge in [-0.25, -0.2) is 0 Å². The number of carbonyl (C=O) groups is 2. The first-order valence-corrected chi connectivity index (χ1v) is 7.41. The van der Waals surface area contributed by atoms with Gasteiger partial charge in [0.1, 0.15) is 0 Å². The zero-order valence-electron chi connectivity index (χ0n) is 12.8. The zero-order chi connectivity index (χ0) is 15.7. The highest BCUT2D eigenvalue weighted by Gasteiger charge is 2.46. The molecule has 0 unspecified atom stereocenters. The minimum Gasteiger partial charge on any atom is -0.389 e. The van der Waals surface area contributed by atoms with Crippen LogP contribution in [0.15, 0.2) is 23.5 Å². The predicted octanol–water partition coefficient (Wildman–Crippen LogP) is 0.249. The van der Waals surface area contributed by atoms with Gasteiger partial charge in [-0.2, -0.15) is 0 Å². The first-order valence-electron chi connectivity index (χ1n) is 7.41. The summed E-state index contributed by atoms with van der Waals surface area (Å²) in [5.74, 6) is -0.165. The number of aromatic amines is 1. The van der Waals surface area contributed by atoms with E-state index in [0.29, 0.717) is 31.6 Å². The van der Waals surface area contributed by atoms with Crippen LogP contribution in [0.3, 0.4) is 0 Å². The van der Waals surface area contributed by atoms with Crippen LogP contribution in [0.2, 0.25) is 0 Å². The van der Waals surface area contributed by atoms with Crippen LogP contribution in [0.1, 0.15) is 12.1 Å². The van der Waals surface area contributed by atoms with Gasteiger partial charge in [-0.1, -0.05) is 5.16 Å². The lowest BCUT2D eigenvalue weighted by Gasteiger charge is -2.17. The molecule has 2 amide bonds. The van der Waals surface area contributed by atoms with Crippen LogP contribution >= 0.6 is 0 Å². The minimum atomic E-state index is -0.187. The van der Waals surface area contributed by atoms with E-state index in [2.05, 4.69) is 10.1 Å². The van der Waals surface area contributed by atoms with Crippen LogP contribution in [-0.4, -0.2) is 65.6 Å². The van der Waals surface area contributed by atoms with E-state index >= 15 is 0 Å². The maximum Gasteiger partial charge on any atom is 0.271 e. The van der Waals surface area contributed by atoms with Gasteiger partial charge in [0.15, 0.2) is 11.8 Å². The molecule has 0 bridgehead atoms. The van der Waals surface area contributed by atoms with Gasteiger partial charge in [0.2, 0.25) is 5.91 Å². The van der Waals surface area contributed by atoms with Gasteiger partial charge in [-0.3, -0.25) is 9.59 Å². The number of aromatic nitrogens is 1. The number of carbonyl (C=O) groups excluding carboxylic acids is 2. The molecule has 1 aromatic rings. The van der Waals surface area contributed by atoms with Crippen molar-refractivity contribution in [2.45, 2.75) is 18.9 Å². The van der Waals surface area contributed by atoms with E-state index < -0.39 is 0 Å². The summed E-state index contributed by atoms with van der Waals surface area (Å²) in [6.45, 7) is 1.01. The van der Waals surface area contributed by atoms with E-state index in [0.717, 1.165) is 5.69 Å². The zero-order valence-corrected chi connectivity index (χ0v) is 12.8. The number of nitrogens with one attached hydrogen (secondary N) is 1. The van der Waals surface area contributed by atoms with E-state index in [1.165, 1.54) is 4.90 Å². The minimum absolute atomic E-state index is 0.0873. The molecule has 3 rings (SSSR count). The van der Waals surface area contributed by atoms with E-state index in [4.69, 9.17) is 4.84 Å². The highest BCUT2D eigenvalue weighted by atomic mass is 16.6. The molecule has 7 heteroatoms. The fourth-order valence-corrected chi connectivity index (χ4v) is 2.89. The predicted molar refractivity (Wildman–Crippen MR) is 80.2 cm³/mol. The topological polar surface area (TPSA) is 78.0 Å². The van der Waals surface area contributed by atoms with Gasteiger partial charge >= 0.3 is 0 Å². The van der Waals surface area contributed by atoms with Crippen LogP contribution < -0.4 is 0 Å². The standard InChI is InChI=1S/C15H20N4O3/c1-18(2)15(21)14-11-8-19(9-12(11)22-17-14)13(20)6-5-10-4-3-7-16-10/h3-4,7,11-12,16H,5-6,8-9H2,1-2H3/t11-,12+/m0/s1. The van der Waals surface area contributed by atoms with E-state index in [-0.39, 0.29) is 23.8 Å². The quantitative estimate of drug-likeness (QED) is 0.866. The summed E-state index contributed by atoms with van der Waals surface area (Å²) in [5, 5.41) is 3.90. The van der Waals surface area contributed by atoms with Crippen molar-refractivity contribution in [2.75, 3.05) is 27.2 Å². The lowest BCUT2D eigenvalue weighted by atomic mass is 10.00. The summed E-state index contributed by atoms with van der Waals surface area (Å²) in [7, 11) is 3.37. The molecule has 1 aromatic heterocycles. The van der Waals surface area contributed by atoms with Crippen LogP contribution in [0.5, 0.6) is 0 Å². The SMILES string of the molecule is CN(C)C(=O)C1=NO[C@@H]2CN(C(=O)CCc3ccc[nH]3)C[C@H]12. The average molecular weight is 304 g/mol. The molecule has 1 saturated heterocycles. The summed E-state index contributed by atoms with van der Waals surface area (Å²) < 4.78 is 0. The lowest BCUT2D eigenvalue weighted by molar-refractivity contribution is -0.130. The third-order valence-electron chi connectivity index (χ3n) is 4.15. The monoisotopic (exact) mass is 304 g/mol. The number of H-pyrrole nitrogens is 1. The number of hydrogen-bond donors (Lipinski definition) is 1. The van der Waals surface area contributed by atoms with Gasteiger partial charge in [-0.05, 0) is 18.6 Å². The molecule has 0 saturated carbocycles. The maximum atomic E-state index is 12.3. The highest BCUT2D eigenvalue weighted by molar-refractivity contribution is 6.40. The fraction of sp³-hybridized carbons (Fsp3) is 0.533. The number of nitrogens with zero attached hydrogens (tertiary/aromatic N) is 3. The normalized spacial score (nSPS) is 23.0. The number of likely N-dealkylation sites (tertiary alicyclic amines) is 1. The third kappa shape index (κ3) is 2.70. The Morgan fingerprint density at radius 3 is 2.95 bits per heavy atom. The molecule has 3 heterocycles. The molecular weight excluding hydrogens is 284 g/mol. The number of fused-ring (bicyclic) bond motifs is 1. The molecule has 2 aliphatic heterocycles. The van der Waals surface area contributed by atoms with Gasteiger partial charge in [0.25, 0.3) is 5.91 Å². The Kier molecular flexibility index (Phi) is 3.87. The van der Waals surface area contributed by atoms with Crippen LogP contribution in [0.4, 0.5) is 0 Å². The van der Waals surface area contributed by atoms with Crippen molar-refractivity contribution in [1.29, 1.82) is 0 Å². The van der Waals surface area contributed by atoms with Crippen molar-refractivity contribution in [2.24, 2.45) is 11.1 Å². The summed E-state index contributed by atoms with van der Waals surface area (Å²) in [5.41, 5.74) is 1.48. The number of oxime groups is 1. The number of aryl methyl sites for hydroxylation is 1. The van der Waals surface area contributed by atoms with Gasteiger partial charge in [0.05, 0.1) is 12.5 Å². The van der Waals surface area contributed by atoms with Crippen molar-refractivity contribution < 1.29 is 14.4 Å². The van der Waals surface area contributed by atoms with Gasteiger partial charge in [-0.15, -0.1) is 0 Å². The Hall–Kier alpha value is -2.31. The lowest BCUT2D eigenvalue weighted by Crippen LogP contribution is -2.36. The number of hydrogen-bond acceptors (Lipinski definition) is 4. The molecule has 1 fully saturated rings. The smallest absolute Gasteiger partial charge is 0.271 e. The summed E-state index contributed by atoms with van der Waals surface area (Å²) in [6, 6.07) is 3.89. The summed E-state index contributed by atoms with van der Waals surface area (Å²) in [6.07, 6.45) is 2.81.